The molecule has 0 unspecified atom stereocenters. The van der Waals surface area contributed by atoms with E-state index in [4.69, 9.17) is 12.4 Å². The van der Waals surface area contributed by atoms with Crippen LogP contribution in [0.4, 0.5) is 5.69 Å². The Morgan fingerprint density at radius 2 is 1.81 bits per heavy atom. The lowest BCUT2D eigenvalue weighted by atomic mass is 9.92. The van der Waals surface area contributed by atoms with Gasteiger partial charge in [-0.05, 0) is 54.6 Å². The van der Waals surface area contributed by atoms with Gasteiger partial charge in [0.15, 0.2) is 5.69 Å². The molecule has 2 aromatic heterocycles. The van der Waals surface area contributed by atoms with Gasteiger partial charge < -0.3 is 4.42 Å². The fraction of sp³-hybridized carbons (Fsp3) is 0.214. The number of aromatic nitrogens is 1. The summed E-state index contributed by atoms with van der Waals surface area (Å²) < 4.78 is 17.1. The van der Waals surface area contributed by atoms with Crippen LogP contribution in [0, 0.1) is 20.4 Å². The first-order valence-corrected chi connectivity index (χ1v) is 10.6. The van der Waals surface area contributed by atoms with Crippen molar-refractivity contribution < 1.29 is 10.4 Å². The molecule has 152 valence electrons. The predicted octanol–water partition coefficient (Wildman–Crippen LogP) is 7.52. The summed E-state index contributed by atoms with van der Waals surface area (Å²) in [6.07, 6.45) is 0. The molecule has 5 rings (SSSR count). The van der Waals surface area contributed by atoms with Gasteiger partial charge in [-0.25, -0.2) is 4.85 Å². The SMILES string of the molecule is [2H]c1c([N+]#[C-])ccc2c1oc1c(-c3cc(C(C)C)c4ccccc4[n+]3C)c(C)c(C)cc12. The van der Waals surface area contributed by atoms with Crippen molar-refractivity contribution in [3.05, 3.63) is 82.7 Å². The molecule has 0 radical (unpaired) electrons. The van der Waals surface area contributed by atoms with Crippen LogP contribution in [0.15, 0.2) is 59.0 Å². The molecule has 0 amide bonds. The second kappa shape index (κ2) is 6.96. The molecule has 0 atom stereocenters. The molecule has 0 aliphatic rings. The Bertz CT molecular complexity index is 1600. The summed E-state index contributed by atoms with van der Waals surface area (Å²) in [5.41, 5.74) is 8.52. The van der Waals surface area contributed by atoms with Gasteiger partial charge in [-0.3, -0.25) is 0 Å². The monoisotopic (exact) mass is 406 g/mol. The van der Waals surface area contributed by atoms with Crippen molar-refractivity contribution in [1.82, 2.24) is 0 Å². The number of aryl methyl sites for hydroxylation is 2. The Kier molecular flexibility index (Phi) is 4.07. The summed E-state index contributed by atoms with van der Waals surface area (Å²) >= 11 is 0. The molecule has 5 aromatic rings. The fourth-order valence-electron chi connectivity index (χ4n) is 4.61. The van der Waals surface area contributed by atoms with Crippen LogP contribution < -0.4 is 4.57 Å². The molecule has 0 saturated heterocycles. The number of hydrogen-bond donors (Lipinski definition) is 0. The highest BCUT2D eigenvalue weighted by atomic mass is 16.3. The smallest absolute Gasteiger partial charge is 0.217 e. The zero-order valence-electron chi connectivity index (χ0n) is 19.5. The summed E-state index contributed by atoms with van der Waals surface area (Å²) in [6.45, 7) is 16.1. The zero-order valence-corrected chi connectivity index (χ0v) is 18.5. The number of furan rings is 1. The number of hydrogen-bond acceptors (Lipinski definition) is 1. The number of pyridine rings is 1. The third-order valence-corrected chi connectivity index (χ3v) is 6.42. The molecule has 0 aliphatic carbocycles. The second-order valence-corrected chi connectivity index (χ2v) is 8.59. The van der Waals surface area contributed by atoms with Crippen molar-refractivity contribution in [3.8, 4) is 11.3 Å². The van der Waals surface area contributed by atoms with Crippen LogP contribution in [-0.4, -0.2) is 0 Å². The lowest BCUT2D eigenvalue weighted by molar-refractivity contribution is -0.633. The zero-order chi connectivity index (χ0) is 22.7. The van der Waals surface area contributed by atoms with E-state index in [0.29, 0.717) is 17.2 Å². The largest absolute Gasteiger partial charge is 0.456 e. The quantitative estimate of drug-likeness (QED) is 0.219. The summed E-state index contributed by atoms with van der Waals surface area (Å²) in [4.78, 5) is 3.48. The van der Waals surface area contributed by atoms with Crippen LogP contribution in [0.5, 0.6) is 0 Å². The van der Waals surface area contributed by atoms with Crippen molar-refractivity contribution >= 4 is 38.5 Å². The molecular formula is C28H25N2O+. The summed E-state index contributed by atoms with van der Waals surface area (Å²) in [6, 6.07) is 16.7. The van der Waals surface area contributed by atoms with Gasteiger partial charge in [0, 0.05) is 28.3 Å². The van der Waals surface area contributed by atoms with E-state index >= 15 is 0 Å². The van der Waals surface area contributed by atoms with Gasteiger partial charge in [0.05, 0.1) is 13.5 Å². The lowest BCUT2D eigenvalue weighted by Gasteiger charge is -2.14. The minimum absolute atomic E-state index is 0.153. The number of fused-ring (bicyclic) bond motifs is 4. The average Bonchev–Trinajstić information content (AvgIpc) is 3.14. The van der Waals surface area contributed by atoms with Gasteiger partial charge in [-0.1, -0.05) is 38.1 Å². The normalized spacial score (nSPS) is 12.1. The van der Waals surface area contributed by atoms with Gasteiger partial charge >= 0.3 is 0 Å². The van der Waals surface area contributed by atoms with Crippen molar-refractivity contribution in [2.45, 2.75) is 33.6 Å². The van der Waals surface area contributed by atoms with Gasteiger partial charge in [0.1, 0.15) is 18.2 Å². The number of rotatable bonds is 2. The van der Waals surface area contributed by atoms with E-state index in [9.17, 15) is 0 Å². The van der Waals surface area contributed by atoms with Crippen molar-refractivity contribution in [1.29, 1.82) is 0 Å². The van der Waals surface area contributed by atoms with E-state index in [2.05, 4.69) is 80.6 Å². The standard InChI is InChI=1S/C28H25N2O/c1-16(2)22-15-25(30(6)24-10-8-7-9-20(22)24)27-18(4)17(3)13-23-21-12-11-19(29-5)14-26(21)31-28(23)27/h7-16H,1-4,6H3/q+1/i14D. The Morgan fingerprint density at radius 3 is 2.55 bits per heavy atom. The number of para-hydroxylation sites is 1. The molecule has 0 saturated carbocycles. The van der Waals surface area contributed by atoms with Gasteiger partial charge in [0.2, 0.25) is 11.2 Å². The van der Waals surface area contributed by atoms with Crippen molar-refractivity contribution in [2.75, 3.05) is 0 Å². The molecule has 0 aliphatic heterocycles. The molecule has 3 aromatic carbocycles. The van der Waals surface area contributed by atoms with Crippen molar-refractivity contribution in [2.24, 2.45) is 7.05 Å². The first-order valence-electron chi connectivity index (χ1n) is 11.1. The Hall–Kier alpha value is -3.64. The van der Waals surface area contributed by atoms with Crippen molar-refractivity contribution in [3.63, 3.8) is 0 Å². The minimum atomic E-state index is 0.153. The molecule has 0 spiro atoms. The summed E-state index contributed by atoms with van der Waals surface area (Å²) in [7, 11) is 2.10. The highest BCUT2D eigenvalue weighted by Gasteiger charge is 2.25. The van der Waals surface area contributed by atoms with E-state index < -0.39 is 0 Å². The highest BCUT2D eigenvalue weighted by molar-refractivity contribution is 6.11. The molecule has 0 N–H and O–H groups in total. The molecule has 2 heterocycles. The minimum Gasteiger partial charge on any atom is -0.456 e. The predicted molar refractivity (Wildman–Crippen MR) is 128 cm³/mol. The third kappa shape index (κ3) is 2.83. The maximum absolute atomic E-state index is 8.48. The first-order chi connectivity index (χ1) is 15.3. The van der Waals surface area contributed by atoms with Crippen LogP contribution in [0.3, 0.4) is 0 Å². The van der Waals surface area contributed by atoms with E-state index in [-0.39, 0.29) is 6.04 Å². The van der Waals surface area contributed by atoms with Crippen LogP contribution >= 0.6 is 0 Å². The van der Waals surface area contributed by atoms with Crippen LogP contribution in [0.1, 0.15) is 37.8 Å². The van der Waals surface area contributed by atoms with Crippen LogP contribution in [0.2, 0.25) is 0 Å². The maximum atomic E-state index is 8.48. The molecule has 3 nitrogen and oxygen atoms in total. The Balaban J connectivity index is 1.97. The number of benzene rings is 3. The third-order valence-electron chi connectivity index (χ3n) is 6.42. The molecule has 31 heavy (non-hydrogen) atoms. The van der Waals surface area contributed by atoms with Gasteiger partial charge in [0.25, 0.3) is 0 Å². The lowest BCUT2D eigenvalue weighted by Crippen LogP contribution is -2.33. The van der Waals surface area contributed by atoms with E-state index in [1.807, 2.05) is 6.07 Å². The van der Waals surface area contributed by atoms with E-state index in [1.165, 1.54) is 22.0 Å². The first kappa shape index (κ1) is 18.2. The van der Waals surface area contributed by atoms with Crippen LogP contribution in [0.25, 0.3) is 48.9 Å². The number of nitrogens with zero attached hydrogens (tertiary/aromatic N) is 2. The molecular weight excluding hydrogens is 380 g/mol. The maximum Gasteiger partial charge on any atom is 0.217 e. The topological polar surface area (TPSA) is 21.4 Å². The van der Waals surface area contributed by atoms with E-state index in [1.54, 1.807) is 6.07 Å². The van der Waals surface area contributed by atoms with Gasteiger partial charge in [-0.15, -0.1) is 0 Å². The molecule has 0 fully saturated rings. The Labute approximate surface area is 183 Å². The second-order valence-electron chi connectivity index (χ2n) is 8.59. The molecule has 3 heteroatoms. The average molecular weight is 407 g/mol. The van der Waals surface area contributed by atoms with Gasteiger partial charge in [-0.2, -0.15) is 4.57 Å². The van der Waals surface area contributed by atoms with E-state index in [0.717, 1.165) is 33.2 Å². The van der Waals surface area contributed by atoms with Crippen LogP contribution in [-0.2, 0) is 7.05 Å². The highest BCUT2D eigenvalue weighted by Crippen LogP contribution is 2.40. The summed E-state index contributed by atoms with van der Waals surface area (Å²) in [5, 5.41) is 3.13. The molecule has 0 bridgehead atoms. The fourth-order valence-corrected chi connectivity index (χ4v) is 4.61. The summed E-state index contributed by atoms with van der Waals surface area (Å²) in [5.74, 6) is 0.372. The Morgan fingerprint density at radius 1 is 1.03 bits per heavy atom.